The van der Waals surface area contributed by atoms with Gasteiger partial charge in [-0.3, -0.25) is 4.79 Å². The Morgan fingerprint density at radius 2 is 2.00 bits per heavy atom. The number of nitrogens with one attached hydrogen (secondary N) is 3. The molecule has 4 N–H and O–H groups in total. The van der Waals surface area contributed by atoms with Crippen molar-refractivity contribution < 1.29 is 14.6 Å². The number of aromatic nitrogens is 1. The van der Waals surface area contributed by atoms with Crippen molar-refractivity contribution in [3.05, 3.63) is 21.5 Å². The number of hydrogen-bond donors (Lipinski definition) is 4. The molecule has 0 aliphatic carbocycles. The topological polar surface area (TPSA) is 115 Å². The zero-order chi connectivity index (χ0) is 14.7. The molecule has 19 heavy (non-hydrogen) atoms. The Hall–Kier alpha value is -2.31. The quantitative estimate of drug-likeness (QED) is 0.478. The molecule has 1 aromatic rings. The molecule has 0 atom stereocenters. The number of hydrogen-bond acceptors (Lipinski definition) is 6. The van der Waals surface area contributed by atoms with Crippen LogP contribution >= 0.6 is 0 Å². The highest BCUT2D eigenvalue weighted by atomic mass is 16.5. The summed E-state index contributed by atoms with van der Waals surface area (Å²) in [5, 5.41) is 20.7. The maximum Gasteiger partial charge on any atom is 0.347 e. The van der Waals surface area contributed by atoms with Crippen molar-refractivity contribution in [3.63, 3.8) is 0 Å². The molecule has 0 bridgehead atoms. The van der Waals surface area contributed by atoms with E-state index in [9.17, 15) is 14.7 Å². The Kier molecular flexibility index (Phi) is 4.31. The number of anilines is 1. The van der Waals surface area contributed by atoms with E-state index in [-0.39, 0.29) is 23.0 Å². The summed E-state index contributed by atoms with van der Waals surface area (Å²) < 4.78 is 4.46. The van der Waals surface area contributed by atoms with Crippen LogP contribution in [-0.4, -0.2) is 35.9 Å². The van der Waals surface area contributed by atoms with Gasteiger partial charge in [0.15, 0.2) is 5.56 Å². The van der Waals surface area contributed by atoms with Crippen molar-refractivity contribution in [2.45, 2.75) is 13.8 Å². The number of H-pyrrole nitrogens is 1. The largest absolute Gasteiger partial charge is 0.506 e. The molecule has 0 fully saturated rings. The van der Waals surface area contributed by atoms with Crippen LogP contribution in [0, 0.1) is 11.3 Å². The van der Waals surface area contributed by atoms with E-state index in [0.29, 0.717) is 0 Å². The standard InChI is InChI=1S/C12H17N3O4/c1-5(2)8(13)6-9(16)7(12(18)19-4)11(17)15-10(6)14-3/h5,13H,1-4H3,(H3,14,15,16,17). The summed E-state index contributed by atoms with van der Waals surface area (Å²) in [6.45, 7) is 3.54. The van der Waals surface area contributed by atoms with Gasteiger partial charge in [0.2, 0.25) is 0 Å². The summed E-state index contributed by atoms with van der Waals surface area (Å²) in [4.78, 5) is 25.7. The highest BCUT2D eigenvalue weighted by Gasteiger charge is 2.25. The lowest BCUT2D eigenvalue weighted by Gasteiger charge is -2.15. The van der Waals surface area contributed by atoms with E-state index in [4.69, 9.17) is 5.41 Å². The molecular weight excluding hydrogens is 250 g/mol. The fourth-order valence-electron chi connectivity index (χ4n) is 1.62. The van der Waals surface area contributed by atoms with Crippen LogP contribution in [0.15, 0.2) is 4.79 Å². The summed E-state index contributed by atoms with van der Waals surface area (Å²) in [6, 6.07) is 0. The number of ether oxygens (including phenoxy) is 1. The van der Waals surface area contributed by atoms with Gasteiger partial charge in [-0.15, -0.1) is 0 Å². The van der Waals surface area contributed by atoms with Crippen LogP contribution in [0.5, 0.6) is 5.75 Å². The Labute approximate surface area is 110 Å². The van der Waals surface area contributed by atoms with Gasteiger partial charge in [-0.2, -0.15) is 0 Å². The minimum absolute atomic E-state index is 0.0949. The lowest BCUT2D eigenvalue weighted by Crippen LogP contribution is -2.24. The molecule has 0 spiro atoms. The number of pyridine rings is 1. The lowest BCUT2D eigenvalue weighted by molar-refractivity contribution is 0.0595. The molecule has 1 aromatic heterocycles. The monoisotopic (exact) mass is 267 g/mol. The molecule has 7 nitrogen and oxygen atoms in total. The van der Waals surface area contributed by atoms with Crippen molar-refractivity contribution in [1.82, 2.24) is 4.98 Å². The predicted molar refractivity (Wildman–Crippen MR) is 71.3 cm³/mol. The molecule has 0 unspecified atom stereocenters. The molecule has 1 rings (SSSR count). The Morgan fingerprint density at radius 3 is 2.42 bits per heavy atom. The Balaban J connectivity index is 3.66. The first-order valence-electron chi connectivity index (χ1n) is 5.69. The van der Waals surface area contributed by atoms with E-state index in [0.717, 1.165) is 7.11 Å². The molecule has 0 saturated carbocycles. The minimum atomic E-state index is -0.945. The third kappa shape index (κ3) is 2.59. The average Bonchev–Trinajstić information content (AvgIpc) is 2.36. The lowest BCUT2D eigenvalue weighted by atomic mass is 9.98. The summed E-state index contributed by atoms with van der Waals surface area (Å²) in [7, 11) is 2.65. The van der Waals surface area contributed by atoms with Crippen molar-refractivity contribution in [3.8, 4) is 5.75 Å². The minimum Gasteiger partial charge on any atom is -0.506 e. The van der Waals surface area contributed by atoms with E-state index in [1.54, 1.807) is 20.9 Å². The molecule has 7 heteroatoms. The van der Waals surface area contributed by atoms with Gasteiger partial charge in [0.1, 0.15) is 11.6 Å². The number of carbonyl (C=O) groups is 1. The second-order valence-electron chi connectivity index (χ2n) is 4.24. The van der Waals surface area contributed by atoms with Crippen molar-refractivity contribution in [1.29, 1.82) is 5.41 Å². The predicted octanol–water partition coefficient (Wildman–Crippen LogP) is 0.933. The SMILES string of the molecule is CNc1[nH]c(=O)c(C(=O)OC)c(O)c1C(=N)C(C)C. The van der Waals surface area contributed by atoms with Crippen LogP contribution in [0.25, 0.3) is 0 Å². The maximum absolute atomic E-state index is 11.7. The summed E-state index contributed by atoms with van der Waals surface area (Å²) in [5.74, 6) is -1.49. The van der Waals surface area contributed by atoms with Crippen LogP contribution in [0.1, 0.15) is 29.8 Å². The fraction of sp³-hybridized carbons (Fsp3) is 0.417. The molecule has 0 saturated heterocycles. The van der Waals surface area contributed by atoms with Crippen LogP contribution in [0.2, 0.25) is 0 Å². The normalized spacial score (nSPS) is 10.4. The Bertz CT molecular complexity index is 575. The number of aromatic hydroxyl groups is 1. The van der Waals surface area contributed by atoms with Gasteiger partial charge in [-0.25, -0.2) is 4.79 Å². The maximum atomic E-state index is 11.7. The summed E-state index contributed by atoms with van der Waals surface area (Å²) >= 11 is 0. The highest BCUT2D eigenvalue weighted by molar-refractivity contribution is 6.08. The second-order valence-corrected chi connectivity index (χ2v) is 4.24. The fourth-order valence-corrected chi connectivity index (χ4v) is 1.62. The molecule has 0 aliphatic heterocycles. The molecule has 0 radical (unpaired) electrons. The molecule has 0 aromatic carbocycles. The number of rotatable bonds is 4. The van der Waals surface area contributed by atoms with Gasteiger partial charge >= 0.3 is 5.97 Å². The molecular formula is C12H17N3O4. The van der Waals surface area contributed by atoms with Crippen LogP contribution < -0.4 is 10.9 Å². The van der Waals surface area contributed by atoms with Crippen molar-refractivity contribution in [2.24, 2.45) is 5.92 Å². The number of carbonyl (C=O) groups excluding carboxylic acids is 1. The van der Waals surface area contributed by atoms with E-state index >= 15 is 0 Å². The molecule has 0 amide bonds. The highest BCUT2D eigenvalue weighted by Crippen LogP contribution is 2.28. The summed E-state index contributed by atoms with van der Waals surface area (Å²) in [6.07, 6.45) is 0. The zero-order valence-electron chi connectivity index (χ0n) is 11.2. The first-order valence-corrected chi connectivity index (χ1v) is 5.69. The zero-order valence-corrected chi connectivity index (χ0v) is 11.2. The molecule has 0 aliphatic rings. The van der Waals surface area contributed by atoms with Crippen LogP contribution in [0.4, 0.5) is 5.82 Å². The van der Waals surface area contributed by atoms with Crippen LogP contribution in [-0.2, 0) is 4.74 Å². The number of methoxy groups -OCH3 is 1. The third-order valence-electron chi connectivity index (χ3n) is 2.68. The van der Waals surface area contributed by atoms with Gasteiger partial charge in [0, 0.05) is 12.8 Å². The van der Waals surface area contributed by atoms with E-state index in [2.05, 4.69) is 15.0 Å². The van der Waals surface area contributed by atoms with Gasteiger partial charge in [0.25, 0.3) is 5.56 Å². The van der Waals surface area contributed by atoms with E-state index < -0.39 is 22.8 Å². The third-order valence-corrected chi connectivity index (χ3v) is 2.68. The average molecular weight is 267 g/mol. The van der Waals surface area contributed by atoms with Crippen molar-refractivity contribution in [2.75, 3.05) is 19.5 Å². The van der Waals surface area contributed by atoms with Crippen LogP contribution in [0.3, 0.4) is 0 Å². The van der Waals surface area contributed by atoms with Gasteiger partial charge in [-0.1, -0.05) is 13.8 Å². The van der Waals surface area contributed by atoms with Crippen molar-refractivity contribution >= 4 is 17.5 Å². The molecule has 104 valence electrons. The van der Waals surface area contributed by atoms with Gasteiger partial charge in [0.05, 0.1) is 12.7 Å². The van der Waals surface area contributed by atoms with E-state index in [1.165, 1.54) is 0 Å². The first kappa shape index (κ1) is 14.7. The Morgan fingerprint density at radius 1 is 1.42 bits per heavy atom. The number of aromatic amines is 1. The van der Waals surface area contributed by atoms with E-state index in [1.807, 2.05) is 0 Å². The second kappa shape index (κ2) is 5.55. The van der Waals surface area contributed by atoms with Gasteiger partial charge < -0.3 is 25.6 Å². The smallest absolute Gasteiger partial charge is 0.347 e. The van der Waals surface area contributed by atoms with Gasteiger partial charge in [-0.05, 0) is 5.92 Å². The molecule has 1 heterocycles. The number of esters is 1. The summed E-state index contributed by atoms with van der Waals surface area (Å²) in [5.41, 5.74) is -1.07. The first-order chi connectivity index (χ1) is 8.84.